The van der Waals surface area contributed by atoms with Crippen molar-refractivity contribution in [3.05, 3.63) is 175 Å². The predicted molar refractivity (Wildman–Crippen MR) is 223 cm³/mol. The topological polar surface area (TPSA) is 35.9 Å². The van der Waals surface area contributed by atoms with Crippen LogP contribution in [0.5, 0.6) is 11.5 Å². The second-order valence-electron chi connectivity index (χ2n) is 15.8. The van der Waals surface area contributed by atoms with Crippen molar-refractivity contribution >= 4 is 32.8 Å². The Bertz CT molecular complexity index is 3150. The molecule has 5 nitrogen and oxygen atoms in total. The maximum Gasteiger partial charge on any atom is 0.268 e. The Balaban J connectivity index is 0.00000514. The second kappa shape index (κ2) is 14.4. The molecule has 0 radical (unpaired) electrons. The van der Waals surface area contributed by atoms with E-state index in [9.17, 15) is 0 Å². The van der Waals surface area contributed by atoms with Crippen LogP contribution < -0.4 is 9.30 Å². The standard InChI is InChI=1S/C50H42N4O.Pt/c1-49(2,3)35-28-29-51-47(30-35)54-43-23-11-10-20-40(43)41-27-26-38(32-46(41)54)55-37-19-14-18-36(31-37)52-33-53(45-25-13-12-24-44(45)52)48-39(34-16-8-7-9-17-34)21-15-22-42(48)50(4,5)6;/h7-30H,1-6H3;/q-2;/i7D,8D,9D,16D,17D;. The van der Waals surface area contributed by atoms with Crippen molar-refractivity contribution < 1.29 is 37.2 Å². The summed E-state index contributed by atoms with van der Waals surface area (Å²) in [6.07, 6.45) is 5.43. The van der Waals surface area contributed by atoms with E-state index in [1.165, 1.54) is 5.56 Å². The van der Waals surface area contributed by atoms with Crippen LogP contribution in [0.25, 0.3) is 61.2 Å². The molecule has 0 amide bonds. The molecule has 0 saturated heterocycles. The summed E-state index contributed by atoms with van der Waals surface area (Å²) in [5.41, 5.74) is 7.13. The molecular weight excluding hydrogens is 868 g/mol. The van der Waals surface area contributed by atoms with Crippen LogP contribution in [-0.2, 0) is 31.9 Å². The van der Waals surface area contributed by atoms with E-state index in [2.05, 4.69) is 94.9 Å². The van der Waals surface area contributed by atoms with Gasteiger partial charge in [0.2, 0.25) is 0 Å². The van der Waals surface area contributed by atoms with E-state index in [1.54, 1.807) is 0 Å². The molecule has 0 spiro atoms. The largest absolute Gasteiger partial charge is 0.510 e. The Hall–Kier alpha value is -5.77. The number of rotatable bonds is 6. The van der Waals surface area contributed by atoms with Gasteiger partial charge in [0.05, 0.1) is 23.6 Å². The molecule has 3 aromatic heterocycles. The van der Waals surface area contributed by atoms with E-state index in [-0.39, 0.29) is 56.2 Å². The summed E-state index contributed by atoms with van der Waals surface area (Å²) in [7, 11) is 0. The number of fused-ring (bicyclic) bond motifs is 4. The molecule has 9 rings (SSSR count). The number of para-hydroxylation sites is 4. The first kappa shape index (κ1) is 31.4. The van der Waals surface area contributed by atoms with Crippen LogP contribution in [0.4, 0.5) is 0 Å². The van der Waals surface area contributed by atoms with Gasteiger partial charge in [-0.15, -0.1) is 29.7 Å². The molecule has 280 valence electrons. The molecule has 3 heterocycles. The van der Waals surface area contributed by atoms with Gasteiger partial charge in [-0.3, -0.25) is 4.57 Å². The Morgan fingerprint density at radius 3 is 2.21 bits per heavy atom. The third-order valence-electron chi connectivity index (χ3n) is 10.0. The zero-order valence-corrected chi connectivity index (χ0v) is 34.3. The average molecular weight is 915 g/mol. The summed E-state index contributed by atoms with van der Waals surface area (Å²) < 4.78 is 55.6. The van der Waals surface area contributed by atoms with Gasteiger partial charge in [-0.25, -0.2) is 4.98 Å². The Morgan fingerprint density at radius 1 is 0.696 bits per heavy atom. The van der Waals surface area contributed by atoms with Crippen LogP contribution in [0, 0.1) is 18.5 Å². The smallest absolute Gasteiger partial charge is 0.268 e. The van der Waals surface area contributed by atoms with Crippen molar-refractivity contribution in [2.75, 3.05) is 0 Å². The van der Waals surface area contributed by atoms with Gasteiger partial charge in [-0.1, -0.05) is 138 Å². The first-order valence-electron chi connectivity index (χ1n) is 20.9. The van der Waals surface area contributed by atoms with Crippen LogP contribution in [-0.4, -0.2) is 14.1 Å². The summed E-state index contributed by atoms with van der Waals surface area (Å²) in [6.45, 7) is 12.9. The van der Waals surface area contributed by atoms with Gasteiger partial charge < -0.3 is 13.9 Å². The van der Waals surface area contributed by atoms with Crippen LogP contribution in [0.1, 0.15) is 59.5 Å². The molecule has 9 aromatic rings. The molecule has 56 heavy (non-hydrogen) atoms. The summed E-state index contributed by atoms with van der Waals surface area (Å²) in [4.78, 5) is 4.81. The maximum absolute atomic E-state index is 8.91. The molecule has 6 aromatic carbocycles. The number of hydrogen-bond acceptors (Lipinski definition) is 2. The Morgan fingerprint density at radius 2 is 1.43 bits per heavy atom. The summed E-state index contributed by atoms with van der Waals surface area (Å²) in [5.74, 6) is 1.80. The zero-order chi connectivity index (χ0) is 42.2. The third kappa shape index (κ3) is 6.65. The van der Waals surface area contributed by atoms with Crippen molar-refractivity contribution in [2.45, 2.75) is 52.4 Å². The van der Waals surface area contributed by atoms with Crippen molar-refractivity contribution in [1.29, 1.82) is 0 Å². The van der Waals surface area contributed by atoms with Crippen LogP contribution in [0.15, 0.2) is 146 Å². The van der Waals surface area contributed by atoms with Gasteiger partial charge in [0, 0.05) is 44.3 Å². The molecule has 0 fully saturated rings. The molecule has 0 aliphatic carbocycles. The monoisotopic (exact) mass is 914 g/mol. The van der Waals surface area contributed by atoms with E-state index in [0.29, 0.717) is 28.4 Å². The molecule has 0 saturated carbocycles. The van der Waals surface area contributed by atoms with E-state index < -0.39 is 11.5 Å². The van der Waals surface area contributed by atoms with Gasteiger partial charge in [-0.05, 0) is 62.4 Å². The normalized spacial score (nSPS) is 13.2. The summed E-state index contributed by atoms with van der Waals surface area (Å²) >= 11 is 0. The average Bonchev–Trinajstić information content (AvgIpc) is 3.78. The number of nitrogens with zero attached hydrogens (tertiary/aromatic N) is 4. The molecule has 0 N–H and O–H groups in total. The van der Waals surface area contributed by atoms with E-state index >= 15 is 0 Å². The Labute approximate surface area is 350 Å². The van der Waals surface area contributed by atoms with E-state index in [0.717, 1.165) is 44.2 Å². The number of benzene rings is 6. The fraction of sp³-hybridized carbons (Fsp3) is 0.160. The van der Waals surface area contributed by atoms with E-state index in [4.69, 9.17) is 16.6 Å². The summed E-state index contributed by atoms with van der Waals surface area (Å²) in [6, 6.07) is 41.1. The predicted octanol–water partition coefficient (Wildman–Crippen LogP) is 11.9. The molecule has 0 aliphatic heterocycles. The third-order valence-corrected chi connectivity index (χ3v) is 10.0. The number of pyridine rings is 1. The van der Waals surface area contributed by atoms with Crippen LogP contribution >= 0.6 is 0 Å². The van der Waals surface area contributed by atoms with Crippen LogP contribution in [0.3, 0.4) is 0 Å². The second-order valence-corrected chi connectivity index (χ2v) is 15.8. The molecule has 0 bridgehead atoms. The van der Waals surface area contributed by atoms with Crippen molar-refractivity contribution in [2.24, 2.45) is 0 Å². The SMILES string of the molecule is [2H]c1c([2H])c([2H])c(-c2cccc(C(C)(C)C)c2-[n+]2[c-]n(-c3[c-]c(Oc4[c-]c5c(cc4)c4ccccc4n5-c4cc(C(C)(C)C)ccn4)ccc3)c3ccccc32)c([2H])c1[2H].[Pt]. The van der Waals surface area contributed by atoms with Crippen LogP contribution in [0.2, 0.25) is 0 Å². The first-order valence-corrected chi connectivity index (χ1v) is 18.4. The van der Waals surface area contributed by atoms with Gasteiger partial charge in [0.1, 0.15) is 5.82 Å². The Kier molecular flexibility index (Phi) is 8.07. The fourth-order valence-corrected chi connectivity index (χ4v) is 7.30. The molecule has 0 atom stereocenters. The quantitative estimate of drug-likeness (QED) is 0.123. The minimum atomic E-state index is -0.432. The van der Waals surface area contributed by atoms with Gasteiger partial charge >= 0.3 is 0 Å². The molecule has 0 aliphatic rings. The van der Waals surface area contributed by atoms with Crippen molar-refractivity contribution in [1.82, 2.24) is 14.1 Å². The minimum Gasteiger partial charge on any atom is -0.510 e. The summed E-state index contributed by atoms with van der Waals surface area (Å²) in [5, 5.41) is 2.13. The fourth-order valence-electron chi connectivity index (χ4n) is 7.30. The maximum atomic E-state index is 8.91. The number of aromatic nitrogens is 4. The van der Waals surface area contributed by atoms with Crippen molar-refractivity contribution in [3.63, 3.8) is 0 Å². The van der Waals surface area contributed by atoms with E-state index in [1.807, 2.05) is 94.2 Å². The number of ether oxygens (including phenoxy) is 1. The first-order chi connectivity index (χ1) is 28.6. The minimum absolute atomic E-state index is 0. The number of imidazole rings is 1. The van der Waals surface area contributed by atoms with Gasteiger partial charge in [0.15, 0.2) is 0 Å². The van der Waals surface area contributed by atoms with Crippen molar-refractivity contribution in [3.8, 4) is 39.8 Å². The van der Waals surface area contributed by atoms with Gasteiger partial charge in [-0.2, -0.15) is 18.2 Å². The van der Waals surface area contributed by atoms with Gasteiger partial charge in [0.25, 0.3) is 6.33 Å². The molecule has 0 unspecified atom stereocenters. The number of hydrogen-bond donors (Lipinski definition) is 0. The molecular formula is C50H42N4OPt-2. The molecule has 6 heteroatoms. The zero-order valence-electron chi connectivity index (χ0n) is 37.0.